The highest BCUT2D eigenvalue weighted by molar-refractivity contribution is 5.35. The third kappa shape index (κ3) is 0.583. The Morgan fingerprint density at radius 3 is 3.00 bits per heavy atom. The summed E-state index contributed by atoms with van der Waals surface area (Å²) in [5.41, 5.74) is 1.42. The molecule has 0 bridgehead atoms. The lowest BCUT2D eigenvalue weighted by molar-refractivity contribution is 0.354. The van der Waals surface area contributed by atoms with Gasteiger partial charge in [0.05, 0.1) is 0 Å². The van der Waals surface area contributed by atoms with E-state index in [4.69, 9.17) is 4.74 Å². The minimum atomic E-state index is 0.0683. The Balaban J connectivity index is 2.34. The van der Waals surface area contributed by atoms with Gasteiger partial charge in [-0.3, -0.25) is 0 Å². The van der Waals surface area contributed by atoms with Gasteiger partial charge in [0.1, 0.15) is 11.7 Å². The highest BCUT2D eigenvalue weighted by atomic mass is 16.6. The molecule has 2 unspecified atom stereocenters. The molecule has 0 radical (unpaired) electrons. The van der Waals surface area contributed by atoms with E-state index >= 15 is 0 Å². The van der Waals surface area contributed by atoms with Crippen LogP contribution in [0.4, 0.5) is 0 Å². The third-order valence-corrected chi connectivity index (χ3v) is 2.03. The molecular formula is C8H10O. The van der Waals surface area contributed by atoms with Crippen LogP contribution in [0.2, 0.25) is 0 Å². The topological polar surface area (TPSA) is 12.5 Å². The summed E-state index contributed by atoms with van der Waals surface area (Å²) in [5.74, 6) is 0. The number of rotatable bonds is 0. The van der Waals surface area contributed by atoms with E-state index in [9.17, 15) is 0 Å². The lowest BCUT2D eigenvalue weighted by Gasteiger charge is -2.02. The SMILES string of the molecule is CC1=CC=CC2(C)OC12. The standard InChI is InChI=1S/C8H10O/c1-6-4-3-5-8(2)7(6)9-8/h3-5,7H,1-2H3. The Hall–Kier alpha value is -0.560. The number of hydrogen-bond acceptors (Lipinski definition) is 1. The molecule has 0 amide bonds. The van der Waals surface area contributed by atoms with Crippen molar-refractivity contribution in [3.63, 3.8) is 0 Å². The highest BCUT2D eigenvalue weighted by Crippen LogP contribution is 2.44. The molecule has 0 aromatic rings. The Morgan fingerprint density at radius 2 is 2.44 bits per heavy atom. The van der Waals surface area contributed by atoms with Gasteiger partial charge < -0.3 is 4.74 Å². The summed E-state index contributed by atoms with van der Waals surface area (Å²) in [6.07, 6.45) is 6.69. The quantitative estimate of drug-likeness (QED) is 0.445. The first-order valence-electron chi connectivity index (χ1n) is 3.26. The van der Waals surface area contributed by atoms with Crippen molar-refractivity contribution in [2.24, 2.45) is 0 Å². The zero-order valence-corrected chi connectivity index (χ0v) is 5.72. The van der Waals surface area contributed by atoms with Crippen molar-refractivity contribution in [1.82, 2.24) is 0 Å². The maximum atomic E-state index is 5.42. The summed E-state index contributed by atoms with van der Waals surface area (Å²) in [6.45, 7) is 4.23. The van der Waals surface area contributed by atoms with E-state index < -0.39 is 0 Å². The normalized spacial score (nSPS) is 46.0. The van der Waals surface area contributed by atoms with Gasteiger partial charge in [-0.2, -0.15) is 0 Å². The van der Waals surface area contributed by atoms with Crippen molar-refractivity contribution < 1.29 is 4.74 Å². The molecular weight excluding hydrogens is 112 g/mol. The van der Waals surface area contributed by atoms with Gasteiger partial charge in [-0.25, -0.2) is 0 Å². The van der Waals surface area contributed by atoms with E-state index in [1.807, 2.05) is 0 Å². The van der Waals surface area contributed by atoms with Gasteiger partial charge in [-0.05, 0) is 19.4 Å². The van der Waals surface area contributed by atoms with E-state index in [0.29, 0.717) is 6.10 Å². The van der Waals surface area contributed by atoms with Crippen LogP contribution in [0.3, 0.4) is 0 Å². The lowest BCUT2D eigenvalue weighted by atomic mass is 9.97. The molecule has 0 spiro atoms. The van der Waals surface area contributed by atoms with Crippen LogP contribution in [0.1, 0.15) is 13.8 Å². The molecule has 2 aliphatic rings. The van der Waals surface area contributed by atoms with Crippen LogP contribution in [0.15, 0.2) is 23.8 Å². The summed E-state index contributed by atoms with van der Waals surface area (Å²) in [7, 11) is 0. The van der Waals surface area contributed by atoms with E-state index in [2.05, 4.69) is 32.1 Å². The molecule has 1 aliphatic heterocycles. The number of fused-ring (bicyclic) bond motifs is 1. The minimum Gasteiger partial charge on any atom is -0.357 e. The molecule has 1 aliphatic carbocycles. The van der Waals surface area contributed by atoms with Gasteiger partial charge in [0, 0.05) is 0 Å². The van der Waals surface area contributed by atoms with Gasteiger partial charge in [0.2, 0.25) is 0 Å². The monoisotopic (exact) mass is 122 g/mol. The number of ether oxygens (including phenoxy) is 1. The Kier molecular flexibility index (Phi) is 0.754. The van der Waals surface area contributed by atoms with E-state index in [1.54, 1.807) is 0 Å². The van der Waals surface area contributed by atoms with Crippen molar-refractivity contribution in [3.05, 3.63) is 23.8 Å². The fraction of sp³-hybridized carbons (Fsp3) is 0.500. The maximum Gasteiger partial charge on any atom is 0.115 e. The number of allylic oxidation sites excluding steroid dienone is 2. The molecule has 2 rings (SSSR count). The van der Waals surface area contributed by atoms with Gasteiger partial charge in [-0.15, -0.1) is 0 Å². The van der Waals surface area contributed by atoms with Gasteiger partial charge in [0.25, 0.3) is 0 Å². The van der Waals surface area contributed by atoms with Crippen LogP contribution < -0.4 is 0 Å². The molecule has 2 atom stereocenters. The largest absolute Gasteiger partial charge is 0.357 e. The van der Waals surface area contributed by atoms with Crippen LogP contribution in [0.5, 0.6) is 0 Å². The summed E-state index contributed by atoms with van der Waals surface area (Å²) in [6, 6.07) is 0. The van der Waals surface area contributed by atoms with Crippen molar-refractivity contribution >= 4 is 0 Å². The first-order valence-corrected chi connectivity index (χ1v) is 3.26. The Bertz CT molecular complexity index is 203. The number of epoxide rings is 1. The highest BCUT2D eigenvalue weighted by Gasteiger charge is 2.51. The summed E-state index contributed by atoms with van der Waals surface area (Å²) < 4.78 is 5.42. The van der Waals surface area contributed by atoms with Crippen LogP contribution in [0, 0.1) is 0 Å². The Morgan fingerprint density at radius 1 is 1.67 bits per heavy atom. The molecule has 9 heavy (non-hydrogen) atoms. The van der Waals surface area contributed by atoms with Crippen molar-refractivity contribution in [1.29, 1.82) is 0 Å². The van der Waals surface area contributed by atoms with Gasteiger partial charge in [-0.1, -0.05) is 18.2 Å². The smallest absolute Gasteiger partial charge is 0.115 e. The van der Waals surface area contributed by atoms with Crippen LogP contribution in [-0.4, -0.2) is 11.7 Å². The summed E-state index contributed by atoms with van der Waals surface area (Å²) in [5, 5.41) is 0. The molecule has 1 heterocycles. The zero-order chi connectivity index (χ0) is 6.48. The van der Waals surface area contributed by atoms with Crippen molar-refractivity contribution in [2.75, 3.05) is 0 Å². The molecule has 0 saturated carbocycles. The molecule has 1 nitrogen and oxygen atoms in total. The molecule has 1 heteroatoms. The first-order chi connectivity index (χ1) is 4.22. The van der Waals surface area contributed by atoms with Crippen LogP contribution in [0.25, 0.3) is 0 Å². The minimum absolute atomic E-state index is 0.0683. The van der Waals surface area contributed by atoms with E-state index in [-0.39, 0.29) is 5.60 Å². The van der Waals surface area contributed by atoms with E-state index in [0.717, 1.165) is 0 Å². The Labute approximate surface area is 55.0 Å². The molecule has 1 saturated heterocycles. The van der Waals surface area contributed by atoms with Gasteiger partial charge >= 0.3 is 0 Å². The second-order valence-electron chi connectivity index (χ2n) is 2.95. The molecule has 0 aromatic heterocycles. The summed E-state index contributed by atoms with van der Waals surface area (Å²) in [4.78, 5) is 0. The molecule has 0 aromatic carbocycles. The van der Waals surface area contributed by atoms with Crippen LogP contribution in [-0.2, 0) is 4.74 Å². The fourth-order valence-electron chi connectivity index (χ4n) is 1.37. The molecule has 0 N–H and O–H groups in total. The van der Waals surface area contributed by atoms with Crippen molar-refractivity contribution in [2.45, 2.75) is 25.6 Å². The molecule has 1 fully saturated rings. The predicted octanol–water partition coefficient (Wildman–Crippen LogP) is 1.66. The predicted molar refractivity (Wildman–Crippen MR) is 36.2 cm³/mol. The lowest BCUT2D eigenvalue weighted by Crippen LogP contribution is -2.08. The zero-order valence-electron chi connectivity index (χ0n) is 5.72. The maximum absolute atomic E-state index is 5.42. The van der Waals surface area contributed by atoms with Crippen molar-refractivity contribution in [3.8, 4) is 0 Å². The van der Waals surface area contributed by atoms with Gasteiger partial charge in [0.15, 0.2) is 0 Å². The molecule has 48 valence electrons. The summed E-state index contributed by atoms with van der Waals surface area (Å²) >= 11 is 0. The average molecular weight is 122 g/mol. The average Bonchev–Trinajstić information content (AvgIpc) is 2.43. The second kappa shape index (κ2) is 1.29. The van der Waals surface area contributed by atoms with Crippen LogP contribution >= 0.6 is 0 Å². The third-order valence-electron chi connectivity index (χ3n) is 2.03. The fourth-order valence-corrected chi connectivity index (χ4v) is 1.37. The van der Waals surface area contributed by atoms with E-state index in [1.165, 1.54) is 5.57 Å². The number of hydrogen-bond donors (Lipinski definition) is 0. The second-order valence-corrected chi connectivity index (χ2v) is 2.95. The first kappa shape index (κ1) is 5.24.